The van der Waals surface area contributed by atoms with Gasteiger partial charge in [-0.05, 0) is 24.5 Å². The van der Waals surface area contributed by atoms with E-state index in [0.29, 0.717) is 11.0 Å². The Bertz CT molecular complexity index is 797. The number of carbonyl (C=O) groups is 2. The van der Waals surface area contributed by atoms with Gasteiger partial charge in [-0.25, -0.2) is 9.78 Å². The van der Waals surface area contributed by atoms with Gasteiger partial charge in [0.05, 0.1) is 5.52 Å². The van der Waals surface area contributed by atoms with Crippen LogP contribution >= 0.6 is 11.6 Å². The highest BCUT2D eigenvalue weighted by Crippen LogP contribution is 2.21. The van der Waals surface area contributed by atoms with Gasteiger partial charge in [0.2, 0.25) is 5.82 Å². The van der Waals surface area contributed by atoms with Crippen LogP contribution in [0.15, 0.2) is 24.4 Å². The molecule has 0 aromatic carbocycles. The number of hydrogen-bond donors (Lipinski definition) is 2. The second kappa shape index (κ2) is 7.94. The summed E-state index contributed by atoms with van der Waals surface area (Å²) >= 11 is 6.04. The average Bonchev–Trinajstić information content (AvgIpc) is 2.84. The molecule has 2 aromatic rings. The fourth-order valence-corrected chi connectivity index (χ4v) is 1.87. The van der Waals surface area contributed by atoms with Crippen molar-refractivity contribution in [2.45, 2.75) is 39.9 Å². The lowest BCUT2D eigenvalue weighted by Gasteiger charge is -2.27. The lowest BCUT2D eigenvalue weighted by molar-refractivity contribution is -0.192. The van der Waals surface area contributed by atoms with Gasteiger partial charge in [-0.2, -0.15) is 13.2 Å². The minimum absolute atomic E-state index is 0.00742. The smallest absolute Gasteiger partial charge is 0.475 e. The number of imidazole rings is 1. The molecule has 1 amide bonds. The molecule has 0 fully saturated rings. The molecule has 0 unspecified atom stereocenters. The second-order valence-corrected chi connectivity index (χ2v) is 6.90. The van der Waals surface area contributed by atoms with Crippen molar-refractivity contribution in [2.75, 3.05) is 0 Å². The molecule has 0 aliphatic carbocycles. The number of hydrogen-bond acceptors (Lipinski definition) is 3. The molecule has 0 bridgehead atoms. The van der Waals surface area contributed by atoms with Gasteiger partial charge < -0.3 is 10.4 Å². The monoisotopic (exact) mass is 393 g/mol. The largest absolute Gasteiger partial charge is 0.490 e. The first-order valence-electron chi connectivity index (χ1n) is 7.48. The van der Waals surface area contributed by atoms with Crippen LogP contribution < -0.4 is 5.32 Å². The summed E-state index contributed by atoms with van der Waals surface area (Å²) in [5, 5.41) is 10.4. The van der Waals surface area contributed by atoms with E-state index in [9.17, 15) is 18.0 Å². The summed E-state index contributed by atoms with van der Waals surface area (Å²) in [6.45, 7) is 8.22. The van der Waals surface area contributed by atoms with Gasteiger partial charge in [0.25, 0.3) is 5.91 Å². The lowest BCUT2D eigenvalue weighted by atomic mass is 9.88. The maximum Gasteiger partial charge on any atom is 0.490 e. The highest BCUT2D eigenvalue weighted by atomic mass is 35.5. The van der Waals surface area contributed by atoms with Crippen LogP contribution in [0.4, 0.5) is 13.2 Å². The van der Waals surface area contributed by atoms with E-state index in [2.05, 4.69) is 31.1 Å². The summed E-state index contributed by atoms with van der Waals surface area (Å²) in [7, 11) is 0. The molecule has 144 valence electrons. The van der Waals surface area contributed by atoms with Crippen molar-refractivity contribution < 1.29 is 27.9 Å². The van der Waals surface area contributed by atoms with Crippen molar-refractivity contribution >= 4 is 29.0 Å². The molecule has 0 spiro atoms. The van der Waals surface area contributed by atoms with E-state index in [4.69, 9.17) is 21.5 Å². The maximum atomic E-state index is 12.3. The first-order valence-corrected chi connectivity index (χ1v) is 7.86. The summed E-state index contributed by atoms with van der Waals surface area (Å²) in [5.74, 6) is -2.65. The van der Waals surface area contributed by atoms with Crippen LogP contribution in [0.2, 0.25) is 5.15 Å². The topological polar surface area (TPSA) is 83.7 Å². The Morgan fingerprint density at radius 2 is 1.81 bits per heavy atom. The number of aliphatic carboxylic acids is 1. The van der Waals surface area contributed by atoms with Gasteiger partial charge in [0.1, 0.15) is 0 Å². The van der Waals surface area contributed by atoms with Gasteiger partial charge in [-0.15, -0.1) is 0 Å². The zero-order chi connectivity index (χ0) is 20.3. The maximum absolute atomic E-state index is 12.3. The number of amides is 1. The molecule has 10 heteroatoms. The third-order valence-electron chi connectivity index (χ3n) is 3.60. The van der Waals surface area contributed by atoms with Crippen LogP contribution in [0.5, 0.6) is 0 Å². The van der Waals surface area contributed by atoms with Gasteiger partial charge in [0.15, 0.2) is 5.15 Å². The third-order valence-corrected chi connectivity index (χ3v) is 3.87. The molecule has 2 N–H and O–H groups in total. The molecule has 26 heavy (non-hydrogen) atoms. The SMILES string of the molecule is C[C@H](NC(=O)c1nc(Cl)c2ccccn12)C(C)(C)C.O=C(O)C(F)(F)F. The summed E-state index contributed by atoms with van der Waals surface area (Å²) in [5.41, 5.74) is 0.727. The normalized spacial score (nSPS) is 12.9. The molecular formula is C16H19ClF3N3O3. The van der Waals surface area contributed by atoms with E-state index < -0.39 is 12.1 Å². The number of aromatic nitrogens is 2. The summed E-state index contributed by atoms with van der Waals surface area (Å²) in [6.07, 6.45) is -3.30. The van der Waals surface area contributed by atoms with E-state index in [1.165, 1.54) is 0 Å². The first kappa shape index (κ1) is 21.8. The summed E-state index contributed by atoms with van der Waals surface area (Å²) < 4.78 is 33.4. The van der Waals surface area contributed by atoms with Crippen molar-refractivity contribution in [3.63, 3.8) is 0 Å². The van der Waals surface area contributed by atoms with Crippen LogP contribution in [0.3, 0.4) is 0 Å². The van der Waals surface area contributed by atoms with E-state index in [0.717, 1.165) is 5.52 Å². The number of rotatable bonds is 2. The van der Waals surface area contributed by atoms with Gasteiger partial charge in [-0.3, -0.25) is 9.20 Å². The molecule has 6 nitrogen and oxygen atoms in total. The molecule has 2 heterocycles. The van der Waals surface area contributed by atoms with E-state index in [1.807, 2.05) is 25.1 Å². The number of halogens is 4. The highest BCUT2D eigenvalue weighted by molar-refractivity contribution is 6.33. The number of carbonyl (C=O) groups excluding carboxylic acids is 1. The van der Waals surface area contributed by atoms with Gasteiger partial charge in [-0.1, -0.05) is 38.4 Å². The minimum atomic E-state index is -5.08. The molecule has 2 rings (SSSR count). The minimum Gasteiger partial charge on any atom is -0.475 e. The van der Waals surface area contributed by atoms with E-state index >= 15 is 0 Å². The number of pyridine rings is 1. The molecule has 2 aromatic heterocycles. The Morgan fingerprint density at radius 3 is 2.27 bits per heavy atom. The average molecular weight is 394 g/mol. The predicted octanol–water partition coefficient (Wildman–Crippen LogP) is 3.79. The third kappa shape index (κ3) is 5.62. The molecule has 0 radical (unpaired) electrons. The zero-order valence-electron chi connectivity index (χ0n) is 14.6. The highest BCUT2D eigenvalue weighted by Gasteiger charge is 2.38. The molecule has 1 atom stereocenters. The summed E-state index contributed by atoms with van der Waals surface area (Å²) in [4.78, 5) is 25.3. The van der Waals surface area contributed by atoms with Crippen molar-refractivity contribution in [1.82, 2.24) is 14.7 Å². The number of carboxylic acids is 1. The second-order valence-electron chi connectivity index (χ2n) is 6.55. The number of nitrogens with zero attached hydrogens (tertiary/aromatic N) is 2. The Hall–Kier alpha value is -2.29. The van der Waals surface area contributed by atoms with Crippen LogP contribution in [0, 0.1) is 5.41 Å². The quantitative estimate of drug-likeness (QED) is 0.813. The van der Waals surface area contributed by atoms with Crippen molar-refractivity contribution in [3.8, 4) is 0 Å². The first-order chi connectivity index (χ1) is 11.7. The van der Waals surface area contributed by atoms with E-state index in [-0.39, 0.29) is 17.4 Å². The Kier molecular flexibility index (Phi) is 6.65. The number of fused-ring (bicyclic) bond motifs is 1. The zero-order valence-corrected chi connectivity index (χ0v) is 15.3. The fraction of sp³-hybridized carbons (Fsp3) is 0.438. The van der Waals surface area contributed by atoms with Crippen LogP contribution in [-0.4, -0.2) is 38.6 Å². The molecule has 0 saturated heterocycles. The van der Waals surface area contributed by atoms with Crippen molar-refractivity contribution in [3.05, 3.63) is 35.4 Å². The Labute approximate surface area is 153 Å². The van der Waals surface area contributed by atoms with Crippen LogP contribution in [-0.2, 0) is 4.79 Å². The van der Waals surface area contributed by atoms with Crippen molar-refractivity contribution in [2.24, 2.45) is 5.41 Å². The van der Waals surface area contributed by atoms with E-state index in [1.54, 1.807) is 10.6 Å². The van der Waals surface area contributed by atoms with Gasteiger partial charge in [0, 0.05) is 12.2 Å². The van der Waals surface area contributed by atoms with Gasteiger partial charge >= 0.3 is 12.1 Å². The molecule has 0 aliphatic heterocycles. The van der Waals surface area contributed by atoms with Crippen LogP contribution in [0.25, 0.3) is 5.52 Å². The standard InChI is InChI=1S/C14H18ClN3O.C2HF3O2/c1-9(14(2,3)4)16-13(19)12-17-11(15)10-7-5-6-8-18(10)12;3-2(4,5)1(6)7/h5-9H,1-4H3,(H,16,19);(H,6,7)/t9-;/m0./s1. The van der Waals surface area contributed by atoms with Crippen LogP contribution in [0.1, 0.15) is 38.3 Å². The molecule has 0 aliphatic rings. The Balaban J connectivity index is 0.000000412. The Morgan fingerprint density at radius 1 is 1.27 bits per heavy atom. The predicted molar refractivity (Wildman–Crippen MR) is 90.3 cm³/mol. The van der Waals surface area contributed by atoms with Crippen molar-refractivity contribution in [1.29, 1.82) is 0 Å². The summed E-state index contributed by atoms with van der Waals surface area (Å²) in [6, 6.07) is 5.58. The number of nitrogens with one attached hydrogen (secondary N) is 1. The number of carboxylic acid groups (broad SMARTS) is 1. The number of alkyl halides is 3. The lowest BCUT2D eigenvalue weighted by Crippen LogP contribution is -2.42. The molecular weight excluding hydrogens is 375 g/mol. The fourth-order valence-electron chi connectivity index (χ4n) is 1.64. The molecule has 0 saturated carbocycles.